The van der Waals surface area contributed by atoms with Gasteiger partial charge in [-0.05, 0) is 25.1 Å². The van der Waals surface area contributed by atoms with Crippen LogP contribution < -0.4 is 10.1 Å². The standard InChI is InChI=1S/C9H12ClNO2/c1-2-13-9-4-3-7(11-6-12)5-8(9)10/h3-5,11-12H,2,6H2,1H3. The molecule has 2 N–H and O–H groups in total. The van der Waals surface area contributed by atoms with Crippen molar-refractivity contribution < 1.29 is 9.84 Å². The summed E-state index contributed by atoms with van der Waals surface area (Å²) in [6, 6.07) is 5.28. The number of nitrogens with one attached hydrogen (secondary N) is 1. The minimum atomic E-state index is -0.107. The Balaban J connectivity index is 2.79. The van der Waals surface area contributed by atoms with Crippen LogP contribution in [0.5, 0.6) is 5.75 Å². The SMILES string of the molecule is CCOc1ccc(NCO)cc1Cl. The Morgan fingerprint density at radius 1 is 1.54 bits per heavy atom. The zero-order valence-corrected chi connectivity index (χ0v) is 8.14. The highest BCUT2D eigenvalue weighted by molar-refractivity contribution is 6.32. The number of aliphatic hydroxyl groups is 1. The van der Waals surface area contributed by atoms with Gasteiger partial charge in [0.15, 0.2) is 0 Å². The minimum Gasteiger partial charge on any atom is -0.492 e. The monoisotopic (exact) mass is 201 g/mol. The van der Waals surface area contributed by atoms with Crippen LogP contribution in [0, 0.1) is 0 Å². The van der Waals surface area contributed by atoms with Crippen LogP contribution in [0.3, 0.4) is 0 Å². The summed E-state index contributed by atoms with van der Waals surface area (Å²) in [5, 5.41) is 11.9. The van der Waals surface area contributed by atoms with Crippen molar-refractivity contribution in [2.45, 2.75) is 6.92 Å². The normalized spacial score (nSPS) is 9.77. The van der Waals surface area contributed by atoms with Crippen molar-refractivity contribution in [2.24, 2.45) is 0 Å². The van der Waals surface area contributed by atoms with Gasteiger partial charge in [-0.2, -0.15) is 0 Å². The van der Waals surface area contributed by atoms with Gasteiger partial charge in [0.25, 0.3) is 0 Å². The van der Waals surface area contributed by atoms with E-state index in [0.29, 0.717) is 17.4 Å². The van der Waals surface area contributed by atoms with Crippen molar-refractivity contribution >= 4 is 17.3 Å². The summed E-state index contributed by atoms with van der Waals surface area (Å²) in [5.74, 6) is 0.660. The summed E-state index contributed by atoms with van der Waals surface area (Å²) in [4.78, 5) is 0. The second-order valence-electron chi connectivity index (χ2n) is 2.41. The zero-order valence-electron chi connectivity index (χ0n) is 7.38. The molecule has 72 valence electrons. The molecule has 0 radical (unpaired) electrons. The van der Waals surface area contributed by atoms with E-state index in [1.807, 2.05) is 6.92 Å². The van der Waals surface area contributed by atoms with Gasteiger partial charge in [-0.15, -0.1) is 0 Å². The van der Waals surface area contributed by atoms with Crippen LogP contribution in [0.15, 0.2) is 18.2 Å². The topological polar surface area (TPSA) is 41.5 Å². The smallest absolute Gasteiger partial charge is 0.138 e. The molecule has 0 heterocycles. The predicted octanol–water partition coefficient (Wildman–Crippen LogP) is 2.10. The number of rotatable bonds is 4. The Morgan fingerprint density at radius 3 is 2.85 bits per heavy atom. The van der Waals surface area contributed by atoms with Crippen LogP contribution in [-0.2, 0) is 0 Å². The van der Waals surface area contributed by atoms with Gasteiger partial charge < -0.3 is 15.2 Å². The highest BCUT2D eigenvalue weighted by atomic mass is 35.5. The summed E-state index contributed by atoms with van der Waals surface area (Å²) < 4.78 is 5.25. The maximum absolute atomic E-state index is 8.60. The molecule has 0 saturated heterocycles. The second-order valence-corrected chi connectivity index (χ2v) is 2.82. The van der Waals surface area contributed by atoms with Gasteiger partial charge in [0, 0.05) is 5.69 Å². The average molecular weight is 202 g/mol. The molecule has 1 aromatic rings. The molecule has 0 spiro atoms. The van der Waals surface area contributed by atoms with Crippen molar-refractivity contribution in [3.63, 3.8) is 0 Å². The average Bonchev–Trinajstić information content (AvgIpc) is 2.10. The van der Waals surface area contributed by atoms with Crippen LogP contribution >= 0.6 is 11.6 Å². The highest BCUT2D eigenvalue weighted by Crippen LogP contribution is 2.27. The van der Waals surface area contributed by atoms with E-state index in [2.05, 4.69) is 5.32 Å². The Kier molecular flexibility index (Phi) is 3.86. The molecule has 0 aromatic heterocycles. The Morgan fingerprint density at radius 2 is 2.31 bits per heavy atom. The summed E-state index contributed by atoms with van der Waals surface area (Å²) in [6.45, 7) is 2.38. The van der Waals surface area contributed by atoms with Gasteiger partial charge in [0.05, 0.1) is 11.6 Å². The van der Waals surface area contributed by atoms with Crippen molar-refractivity contribution in [1.29, 1.82) is 0 Å². The van der Waals surface area contributed by atoms with Gasteiger partial charge in [0.2, 0.25) is 0 Å². The molecule has 0 unspecified atom stereocenters. The van der Waals surface area contributed by atoms with Gasteiger partial charge in [0.1, 0.15) is 12.5 Å². The first-order valence-corrected chi connectivity index (χ1v) is 4.42. The first-order valence-electron chi connectivity index (χ1n) is 4.05. The third-order valence-corrected chi connectivity index (χ3v) is 1.81. The van der Waals surface area contributed by atoms with Gasteiger partial charge >= 0.3 is 0 Å². The summed E-state index contributed by atoms with van der Waals surface area (Å²) in [6.07, 6.45) is 0. The highest BCUT2D eigenvalue weighted by Gasteiger charge is 2.01. The summed E-state index contributed by atoms with van der Waals surface area (Å²) in [5.41, 5.74) is 0.774. The maximum Gasteiger partial charge on any atom is 0.138 e. The lowest BCUT2D eigenvalue weighted by atomic mass is 10.3. The Bertz CT molecular complexity index is 278. The van der Waals surface area contributed by atoms with Gasteiger partial charge in [-0.1, -0.05) is 11.6 Å². The Labute approximate surface area is 82.3 Å². The third-order valence-electron chi connectivity index (χ3n) is 1.51. The van der Waals surface area contributed by atoms with Crippen LogP contribution in [0.25, 0.3) is 0 Å². The lowest BCUT2D eigenvalue weighted by Gasteiger charge is -2.07. The Hall–Kier alpha value is -0.930. The number of anilines is 1. The fourth-order valence-electron chi connectivity index (χ4n) is 0.975. The van der Waals surface area contributed by atoms with E-state index < -0.39 is 0 Å². The largest absolute Gasteiger partial charge is 0.492 e. The molecule has 0 amide bonds. The van der Waals surface area contributed by atoms with Crippen molar-refractivity contribution in [3.8, 4) is 5.75 Å². The number of ether oxygens (including phenoxy) is 1. The quantitative estimate of drug-likeness (QED) is 0.734. The van der Waals surface area contributed by atoms with Crippen LogP contribution in [-0.4, -0.2) is 18.4 Å². The first-order chi connectivity index (χ1) is 6.27. The van der Waals surface area contributed by atoms with E-state index in [-0.39, 0.29) is 6.73 Å². The fourth-order valence-corrected chi connectivity index (χ4v) is 1.21. The number of halogens is 1. The molecule has 0 saturated carbocycles. The van der Waals surface area contributed by atoms with E-state index in [1.165, 1.54) is 0 Å². The van der Waals surface area contributed by atoms with Gasteiger partial charge in [-0.3, -0.25) is 0 Å². The first kappa shape index (κ1) is 10.2. The molecule has 0 fully saturated rings. The van der Waals surface area contributed by atoms with Gasteiger partial charge in [-0.25, -0.2) is 0 Å². The molecule has 0 aliphatic heterocycles. The number of hydrogen-bond donors (Lipinski definition) is 2. The van der Waals surface area contributed by atoms with E-state index in [9.17, 15) is 0 Å². The third kappa shape index (κ3) is 2.79. The molecule has 13 heavy (non-hydrogen) atoms. The van der Waals surface area contributed by atoms with Crippen molar-refractivity contribution in [2.75, 3.05) is 18.7 Å². The van der Waals surface area contributed by atoms with Crippen LogP contribution in [0.2, 0.25) is 5.02 Å². The number of hydrogen-bond acceptors (Lipinski definition) is 3. The number of aliphatic hydroxyl groups excluding tert-OH is 1. The zero-order chi connectivity index (χ0) is 9.68. The molecule has 3 nitrogen and oxygen atoms in total. The molecular formula is C9H12ClNO2. The number of benzene rings is 1. The molecule has 1 aromatic carbocycles. The summed E-state index contributed by atoms with van der Waals surface area (Å²) in [7, 11) is 0. The lowest BCUT2D eigenvalue weighted by Crippen LogP contribution is -1.99. The maximum atomic E-state index is 8.60. The molecular weight excluding hydrogens is 190 g/mol. The molecule has 0 bridgehead atoms. The van der Waals surface area contributed by atoms with Crippen molar-refractivity contribution in [3.05, 3.63) is 23.2 Å². The van der Waals surface area contributed by atoms with E-state index in [0.717, 1.165) is 5.69 Å². The molecule has 1 rings (SSSR count). The van der Waals surface area contributed by atoms with Crippen LogP contribution in [0.1, 0.15) is 6.92 Å². The predicted molar refractivity (Wildman–Crippen MR) is 53.3 cm³/mol. The molecule has 4 heteroatoms. The molecule has 0 aliphatic carbocycles. The van der Waals surface area contributed by atoms with Crippen molar-refractivity contribution in [1.82, 2.24) is 0 Å². The molecule has 0 atom stereocenters. The molecule has 0 aliphatic rings. The summed E-state index contributed by atoms with van der Waals surface area (Å²) >= 11 is 5.90. The second kappa shape index (κ2) is 4.94. The van der Waals surface area contributed by atoms with Crippen LogP contribution in [0.4, 0.5) is 5.69 Å². The fraction of sp³-hybridized carbons (Fsp3) is 0.333. The van der Waals surface area contributed by atoms with E-state index in [4.69, 9.17) is 21.4 Å². The van der Waals surface area contributed by atoms with E-state index >= 15 is 0 Å². The minimum absolute atomic E-state index is 0.107. The van der Waals surface area contributed by atoms with E-state index in [1.54, 1.807) is 18.2 Å². The lowest BCUT2D eigenvalue weighted by molar-refractivity contribution is 0.325.